The van der Waals surface area contributed by atoms with Crippen LogP contribution < -0.4 is 31.9 Å². The summed E-state index contributed by atoms with van der Waals surface area (Å²) in [6, 6.07) is -5.95. The average Bonchev–Trinajstić information content (AvgIpc) is 3.23. The second-order valence-corrected chi connectivity index (χ2v) is 14.0. The maximum absolute atomic E-state index is 13.7. The lowest BCUT2D eigenvalue weighted by Crippen LogP contribution is -2.57. The highest BCUT2D eigenvalue weighted by molar-refractivity contribution is 5.95. The van der Waals surface area contributed by atoms with Crippen LogP contribution in [-0.4, -0.2) is 215 Å². The molecule has 0 bridgehead atoms. The van der Waals surface area contributed by atoms with Crippen LogP contribution >= 0.6 is 0 Å². The minimum atomic E-state index is -2.02. The molecule has 5 amide bonds. The van der Waals surface area contributed by atoms with Crippen LogP contribution in [0.2, 0.25) is 0 Å². The smallest absolute Gasteiger partial charge is 0.303 e. The number of carbonyl (C=O) groups is 8. The molecule has 0 rings (SSSR count). The Morgan fingerprint density at radius 2 is 0.770 bits per heavy atom. The quantitative estimate of drug-likeness (QED) is 0.0291. The van der Waals surface area contributed by atoms with E-state index in [9.17, 15) is 84.3 Å². The first-order valence-electron chi connectivity index (χ1n) is 19.3. The number of aliphatic hydroxyl groups excluding tert-OH is 10. The van der Waals surface area contributed by atoms with Crippen molar-refractivity contribution in [1.29, 1.82) is 0 Å². The Hall–Kier alpha value is -4.48. The normalized spacial score (nSPS) is 17.3. The van der Waals surface area contributed by atoms with Gasteiger partial charge in [0, 0.05) is 45.2 Å². The fourth-order valence-corrected chi connectivity index (χ4v) is 5.39. The van der Waals surface area contributed by atoms with Crippen molar-refractivity contribution in [3.63, 3.8) is 0 Å². The molecule has 12 atom stereocenters. The molecule has 0 radical (unpaired) electrons. The number of likely N-dealkylation sites (N-methyl/N-ethyl adjacent to an activating group) is 1. The number of Topliss-reactive ketones (excluding diaryl/α,β-unsaturated/α-hetero) is 1. The van der Waals surface area contributed by atoms with Gasteiger partial charge in [0.05, 0.1) is 37.5 Å². The van der Waals surface area contributed by atoms with E-state index in [1.165, 1.54) is 14.0 Å². The molecule has 0 aromatic carbocycles. The van der Waals surface area contributed by atoms with Gasteiger partial charge in [0.1, 0.15) is 48.7 Å². The Kier molecular flexibility index (Phi) is 27.5. The summed E-state index contributed by atoms with van der Waals surface area (Å²) in [6.07, 6.45) is -19.4. The van der Waals surface area contributed by atoms with E-state index in [1.54, 1.807) is 0 Å². The number of nitrogens with one attached hydrogen (secondary N) is 6. The number of aliphatic carboxylic acids is 2. The Morgan fingerprint density at radius 3 is 1.11 bits per heavy atom. The monoisotopic (exact) mass is 886 g/mol. The molecule has 0 saturated carbocycles. The number of rotatable bonds is 33. The number of ketones is 1. The first kappa shape index (κ1) is 56.5. The van der Waals surface area contributed by atoms with Crippen molar-refractivity contribution in [2.45, 2.75) is 138 Å². The molecule has 61 heavy (non-hydrogen) atoms. The van der Waals surface area contributed by atoms with Crippen LogP contribution in [0.5, 0.6) is 0 Å². The third-order valence-corrected chi connectivity index (χ3v) is 9.27. The molecule has 26 heteroatoms. The Bertz CT molecular complexity index is 1430. The molecule has 0 aliphatic heterocycles. The van der Waals surface area contributed by atoms with Crippen LogP contribution in [0.15, 0.2) is 0 Å². The van der Waals surface area contributed by atoms with Gasteiger partial charge < -0.3 is 93.2 Å². The molecule has 0 aromatic rings. The van der Waals surface area contributed by atoms with E-state index < -0.39 is 185 Å². The first-order chi connectivity index (χ1) is 28.5. The van der Waals surface area contributed by atoms with Crippen molar-refractivity contribution in [3.05, 3.63) is 0 Å². The van der Waals surface area contributed by atoms with Gasteiger partial charge in [0.2, 0.25) is 29.5 Å². The summed E-state index contributed by atoms with van der Waals surface area (Å²) in [5.41, 5.74) is 0. The predicted molar refractivity (Wildman–Crippen MR) is 204 cm³/mol. The number of carbonyl (C=O) groups excluding carboxylic acids is 6. The fraction of sp³-hybridized carbons (Fsp3) is 0.771. The van der Waals surface area contributed by atoms with E-state index >= 15 is 0 Å². The third kappa shape index (κ3) is 21.7. The fourth-order valence-electron chi connectivity index (χ4n) is 5.39. The van der Waals surface area contributed by atoms with Gasteiger partial charge in [-0.2, -0.15) is 0 Å². The molecule has 0 saturated heterocycles. The lowest BCUT2D eigenvalue weighted by atomic mass is 10.0. The topological polar surface area (TPSA) is 452 Å². The van der Waals surface area contributed by atoms with E-state index in [-0.39, 0.29) is 19.3 Å². The Balaban J connectivity index is 6.10. The van der Waals surface area contributed by atoms with Gasteiger partial charge in [-0.25, -0.2) is 0 Å². The maximum Gasteiger partial charge on any atom is 0.303 e. The number of hydrogen-bond donors (Lipinski definition) is 18. The summed E-state index contributed by atoms with van der Waals surface area (Å²) in [7, 11) is 1.32. The van der Waals surface area contributed by atoms with Gasteiger partial charge in [-0.05, 0) is 32.7 Å². The highest BCUT2D eigenvalue weighted by Gasteiger charge is 2.34. The van der Waals surface area contributed by atoms with Crippen LogP contribution in [0, 0.1) is 0 Å². The van der Waals surface area contributed by atoms with Gasteiger partial charge in [-0.3, -0.25) is 38.4 Å². The van der Waals surface area contributed by atoms with Gasteiger partial charge in [0.15, 0.2) is 5.78 Å². The molecule has 0 fully saturated rings. The standard InChI is InChI=1S/C35H62N6O20/c1-3-20(44)16(4-8-25(49)37-12-21(45)29(55)31(57)23(47)14-42)39-34(60)19(7-11-28(53)54)41-35(61)18(40-33(59)17(36-2)6-10-27(51)52)5-9-26(50)38-13-22(46)30(56)32(58)24(48)15-43/h16-19,21-24,29-32,36,42-43,45-48,55-58H,3-15H2,1-2H3,(H,37,49)(H,38,50)(H,39,60)(H,40,59)(H,41,61)(H,51,52)(H,53,54)/t16-,17-,18-,19-,21-,22-,23+,24+,29+,30+,31+,32+/m0/s1. The van der Waals surface area contributed by atoms with Gasteiger partial charge in [0.25, 0.3) is 0 Å². The molecule has 352 valence electrons. The molecular formula is C35H62N6O20. The maximum atomic E-state index is 13.7. The highest BCUT2D eigenvalue weighted by atomic mass is 16.4. The van der Waals surface area contributed by atoms with Crippen molar-refractivity contribution in [2.75, 3.05) is 33.4 Å². The van der Waals surface area contributed by atoms with Gasteiger partial charge >= 0.3 is 11.9 Å². The average molecular weight is 887 g/mol. The molecule has 0 aromatic heterocycles. The SMILES string of the molecule is CCC(=O)[C@H](CCC(=O)NC[C@H](O)[C@@H](O)[C@H](O)[C@H](O)CO)NC(=O)[C@H](CCC(=O)O)NC(=O)[C@H](CCC(=O)NC[C@H](O)[C@@H](O)[C@H](O)[C@H](O)CO)NC(=O)[C@H](CCC(=O)O)NC. The summed E-state index contributed by atoms with van der Waals surface area (Å²) in [5.74, 6) is -8.12. The number of carboxylic acid groups (broad SMARTS) is 2. The molecule has 0 heterocycles. The minimum absolute atomic E-state index is 0.166. The van der Waals surface area contributed by atoms with E-state index in [1.807, 2.05) is 0 Å². The summed E-state index contributed by atoms with van der Waals surface area (Å²) in [4.78, 5) is 101. The van der Waals surface area contributed by atoms with Gasteiger partial charge in [-0.15, -0.1) is 0 Å². The molecule has 0 aliphatic rings. The summed E-state index contributed by atoms with van der Waals surface area (Å²) in [5, 5.41) is 129. The summed E-state index contributed by atoms with van der Waals surface area (Å²) >= 11 is 0. The Labute approximate surface area is 349 Å². The van der Waals surface area contributed by atoms with Crippen LogP contribution in [-0.2, 0) is 38.4 Å². The van der Waals surface area contributed by atoms with Crippen molar-refractivity contribution in [1.82, 2.24) is 31.9 Å². The first-order valence-corrected chi connectivity index (χ1v) is 19.3. The molecule has 0 spiro atoms. The van der Waals surface area contributed by atoms with E-state index in [0.29, 0.717) is 0 Å². The zero-order valence-electron chi connectivity index (χ0n) is 33.8. The van der Waals surface area contributed by atoms with E-state index in [2.05, 4.69) is 31.9 Å². The summed E-state index contributed by atoms with van der Waals surface area (Å²) in [6.45, 7) is -1.80. The van der Waals surface area contributed by atoms with Crippen molar-refractivity contribution in [2.24, 2.45) is 0 Å². The predicted octanol–water partition coefficient (Wildman–Crippen LogP) is -8.60. The third-order valence-electron chi connectivity index (χ3n) is 9.27. The molecular weight excluding hydrogens is 824 g/mol. The molecule has 26 nitrogen and oxygen atoms in total. The zero-order valence-corrected chi connectivity index (χ0v) is 33.8. The molecule has 18 N–H and O–H groups in total. The number of amides is 5. The summed E-state index contributed by atoms with van der Waals surface area (Å²) < 4.78 is 0. The minimum Gasteiger partial charge on any atom is -0.481 e. The largest absolute Gasteiger partial charge is 0.481 e. The van der Waals surface area contributed by atoms with Crippen molar-refractivity contribution in [3.8, 4) is 0 Å². The lowest BCUT2D eigenvalue weighted by molar-refractivity contribution is -0.139. The second-order valence-electron chi connectivity index (χ2n) is 14.0. The van der Waals surface area contributed by atoms with Gasteiger partial charge in [-0.1, -0.05) is 6.92 Å². The van der Waals surface area contributed by atoms with Crippen LogP contribution in [0.3, 0.4) is 0 Å². The van der Waals surface area contributed by atoms with Crippen molar-refractivity contribution >= 4 is 47.3 Å². The Morgan fingerprint density at radius 1 is 0.459 bits per heavy atom. The lowest BCUT2D eigenvalue weighted by Gasteiger charge is -2.27. The molecule has 0 unspecified atom stereocenters. The number of aliphatic hydroxyl groups is 10. The second kappa shape index (κ2) is 29.7. The van der Waals surface area contributed by atoms with Crippen molar-refractivity contribution < 1.29 is 99.6 Å². The van der Waals surface area contributed by atoms with E-state index in [0.717, 1.165) is 0 Å². The highest BCUT2D eigenvalue weighted by Crippen LogP contribution is 2.10. The zero-order chi connectivity index (χ0) is 47.0. The van der Waals surface area contributed by atoms with Crippen LogP contribution in [0.1, 0.15) is 64.7 Å². The number of carboxylic acids is 2. The molecule has 0 aliphatic carbocycles. The van der Waals surface area contributed by atoms with Crippen LogP contribution in [0.4, 0.5) is 0 Å². The number of hydrogen-bond acceptors (Lipinski definition) is 19. The van der Waals surface area contributed by atoms with Crippen LogP contribution in [0.25, 0.3) is 0 Å². The van der Waals surface area contributed by atoms with E-state index in [4.69, 9.17) is 15.3 Å².